The van der Waals surface area contributed by atoms with E-state index in [0.29, 0.717) is 17.9 Å². The van der Waals surface area contributed by atoms with E-state index in [1.165, 1.54) is 5.56 Å². The fourth-order valence-electron chi connectivity index (χ4n) is 2.52. The number of hydrogen-bond donors (Lipinski definition) is 1. The van der Waals surface area contributed by atoms with Crippen LogP contribution in [0.15, 0.2) is 60.7 Å². The standard InChI is InChI=1S/C20H19NO2/c1-14-2-5-17(6-3-14)20(22)23-19-9-8-16-7-4-15(10-11-21)12-18(16)13-19/h2-9,12-13H,10-11,21H2,1H3. The van der Waals surface area contributed by atoms with Crippen LogP contribution in [0.5, 0.6) is 5.75 Å². The van der Waals surface area contributed by atoms with Gasteiger partial charge in [0.25, 0.3) is 0 Å². The lowest BCUT2D eigenvalue weighted by Gasteiger charge is -2.07. The van der Waals surface area contributed by atoms with Crippen molar-refractivity contribution in [2.75, 3.05) is 6.54 Å². The van der Waals surface area contributed by atoms with E-state index in [4.69, 9.17) is 10.5 Å². The molecule has 2 N–H and O–H groups in total. The fourth-order valence-corrected chi connectivity index (χ4v) is 2.52. The van der Waals surface area contributed by atoms with Gasteiger partial charge in [-0.1, -0.05) is 42.0 Å². The Hall–Kier alpha value is -2.65. The molecule has 3 heteroatoms. The van der Waals surface area contributed by atoms with E-state index in [2.05, 4.69) is 18.2 Å². The molecule has 3 aromatic carbocycles. The summed E-state index contributed by atoms with van der Waals surface area (Å²) in [4.78, 5) is 12.2. The number of hydrogen-bond acceptors (Lipinski definition) is 3. The zero-order valence-electron chi connectivity index (χ0n) is 13.1. The predicted octanol–water partition coefficient (Wildman–Crippen LogP) is 3.87. The van der Waals surface area contributed by atoms with Crippen LogP contribution < -0.4 is 10.5 Å². The van der Waals surface area contributed by atoms with Crippen molar-refractivity contribution in [3.8, 4) is 5.75 Å². The first-order chi connectivity index (χ1) is 11.2. The summed E-state index contributed by atoms with van der Waals surface area (Å²) in [6, 6.07) is 19.2. The molecule has 0 aromatic heterocycles. The van der Waals surface area contributed by atoms with Gasteiger partial charge in [0.15, 0.2) is 0 Å². The number of carbonyl (C=O) groups excluding carboxylic acids is 1. The van der Waals surface area contributed by atoms with Crippen LogP contribution in [0.1, 0.15) is 21.5 Å². The molecular formula is C20H19NO2. The lowest BCUT2D eigenvalue weighted by atomic mass is 10.0. The van der Waals surface area contributed by atoms with E-state index in [0.717, 1.165) is 22.8 Å². The zero-order chi connectivity index (χ0) is 16.2. The fraction of sp³-hybridized carbons (Fsp3) is 0.150. The molecule has 0 heterocycles. The first-order valence-corrected chi connectivity index (χ1v) is 7.67. The van der Waals surface area contributed by atoms with Crippen LogP contribution in [0.3, 0.4) is 0 Å². The normalized spacial score (nSPS) is 10.7. The first kappa shape index (κ1) is 15.3. The number of nitrogens with two attached hydrogens (primary N) is 1. The molecule has 3 aromatic rings. The van der Waals surface area contributed by atoms with Gasteiger partial charge in [-0.15, -0.1) is 0 Å². The molecule has 116 valence electrons. The van der Waals surface area contributed by atoms with Gasteiger partial charge >= 0.3 is 5.97 Å². The van der Waals surface area contributed by atoms with Crippen LogP contribution in [0.2, 0.25) is 0 Å². The van der Waals surface area contributed by atoms with E-state index in [1.54, 1.807) is 12.1 Å². The number of benzene rings is 3. The lowest BCUT2D eigenvalue weighted by molar-refractivity contribution is 0.0735. The second-order valence-electron chi connectivity index (χ2n) is 5.64. The van der Waals surface area contributed by atoms with Crippen LogP contribution in [0.25, 0.3) is 10.8 Å². The maximum Gasteiger partial charge on any atom is 0.343 e. The largest absolute Gasteiger partial charge is 0.423 e. The third-order valence-corrected chi connectivity index (χ3v) is 3.81. The second-order valence-corrected chi connectivity index (χ2v) is 5.64. The number of fused-ring (bicyclic) bond motifs is 1. The number of aryl methyl sites for hydroxylation is 1. The Bertz CT molecular complexity index is 838. The Labute approximate surface area is 135 Å². The quantitative estimate of drug-likeness (QED) is 0.588. The van der Waals surface area contributed by atoms with Crippen molar-refractivity contribution >= 4 is 16.7 Å². The summed E-state index contributed by atoms with van der Waals surface area (Å²) >= 11 is 0. The van der Waals surface area contributed by atoms with Gasteiger partial charge in [0, 0.05) is 0 Å². The molecule has 0 saturated carbocycles. The molecule has 0 radical (unpaired) electrons. The third kappa shape index (κ3) is 3.58. The first-order valence-electron chi connectivity index (χ1n) is 7.67. The minimum absolute atomic E-state index is 0.345. The summed E-state index contributed by atoms with van der Waals surface area (Å²) < 4.78 is 5.48. The van der Waals surface area contributed by atoms with Crippen molar-refractivity contribution in [3.05, 3.63) is 77.4 Å². The van der Waals surface area contributed by atoms with E-state index in [9.17, 15) is 4.79 Å². The molecule has 0 aliphatic carbocycles. The van der Waals surface area contributed by atoms with Crippen molar-refractivity contribution in [2.24, 2.45) is 5.73 Å². The lowest BCUT2D eigenvalue weighted by Crippen LogP contribution is -2.08. The molecule has 0 amide bonds. The minimum Gasteiger partial charge on any atom is -0.423 e. The average molecular weight is 305 g/mol. The van der Waals surface area contributed by atoms with Crippen molar-refractivity contribution in [3.63, 3.8) is 0 Å². The van der Waals surface area contributed by atoms with Crippen molar-refractivity contribution in [1.82, 2.24) is 0 Å². The molecule has 0 spiro atoms. The molecule has 0 aliphatic rings. The smallest absolute Gasteiger partial charge is 0.343 e. The number of rotatable bonds is 4. The molecule has 0 fully saturated rings. The zero-order valence-corrected chi connectivity index (χ0v) is 13.1. The Morgan fingerprint density at radius 2 is 1.70 bits per heavy atom. The van der Waals surface area contributed by atoms with Gasteiger partial charge in [-0.3, -0.25) is 0 Å². The van der Waals surface area contributed by atoms with Crippen LogP contribution in [-0.2, 0) is 6.42 Å². The molecule has 23 heavy (non-hydrogen) atoms. The van der Waals surface area contributed by atoms with Gasteiger partial charge < -0.3 is 10.5 Å². The van der Waals surface area contributed by atoms with Crippen LogP contribution >= 0.6 is 0 Å². The highest BCUT2D eigenvalue weighted by Gasteiger charge is 2.08. The number of ether oxygens (including phenoxy) is 1. The van der Waals surface area contributed by atoms with Crippen molar-refractivity contribution < 1.29 is 9.53 Å². The van der Waals surface area contributed by atoms with Crippen LogP contribution in [-0.4, -0.2) is 12.5 Å². The number of esters is 1. The highest BCUT2D eigenvalue weighted by molar-refractivity contribution is 5.92. The van der Waals surface area contributed by atoms with Crippen LogP contribution in [0, 0.1) is 6.92 Å². The van der Waals surface area contributed by atoms with Gasteiger partial charge in [0.2, 0.25) is 0 Å². The maximum absolute atomic E-state index is 12.2. The monoisotopic (exact) mass is 305 g/mol. The third-order valence-electron chi connectivity index (χ3n) is 3.81. The maximum atomic E-state index is 12.2. The van der Waals surface area contributed by atoms with Gasteiger partial charge in [0.1, 0.15) is 5.75 Å². The van der Waals surface area contributed by atoms with Gasteiger partial charge in [-0.2, -0.15) is 0 Å². The molecule has 0 saturated heterocycles. The summed E-state index contributed by atoms with van der Waals surface area (Å²) in [7, 11) is 0. The summed E-state index contributed by atoms with van der Waals surface area (Å²) in [6.45, 7) is 2.60. The SMILES string of the molecule is Cc1ccc(C(=O)Oc2ccc3ccc(CCN)cc3c2)cc1. The Morgan fingerprint density at radius 3 is 2.43 bits per heavy atom. The molecule has 0 atom stereocenters. The Kier molecular flexibility index (Phi) is 4.40. The van der Waals surface area contributed by atoms with E-state index in [1.807, 2.05) is 37.3 Å². The highest BCUT2D eigenvalue weighted by atomic mass is 16.5. The second kappa shape index (κ2) is 6.63. The summed E-state index contributed by atoms with van der Waals surface area (Å²) in [5.74, 6) is 0.204. The van der Waals surface area contributed by atoms with Gasteiger partial charge in [0.05, 0.1) is 5.56 Å². The summed E-state index contributed by atoms with van der Waals surface area (Å²) in [6.07, 6.45) is 0.837. The summed E-state index contributed by atoms with van der Waals surface area (Å²) in [5.41, 5.74) is 8.45. The average Bonchev–Trinajstić information content (AvgIpc) is 2.55. The van der Waals surface area contributed by atoms with E-state index in [-0.39, 0.29) is 5.97 Å². The van der Waals surface area contributed by atoms with Crippen molar-refractivity contribution in [2.45, 2.75) is 13.3 Å². The molecule has 3 rings (SSSR count). The minimum atomic E-state index is -0.345. The van der Waals surface area contributed by atoms with Gasteiger partial charge in [-0.25, -0.2) is 4.79 Å². The highest BCUT2D eigenvalue weighted by Crippen LogP contribution is 2.23. The molecule has 3 nitrogen and oxygen atoms in total. The van der Waals surface area contributed by atoms with Crippen LogP contribution in [0.4, 0.5) is 0 Å². The summed E-state index contributed by atoms with van der Waals surface area (Å²) in [5, 5.41) is 2.16. The molecule has 0 bridgehead atoms. The Morgan fingerprint density at radius 1 is 0.957 bits per heavy atom. The topological polar surface area (TPSA) is 52.3 Å². The van der Waals surface area contributed by atoms with Gasteiger partial charge in [-0.05, 0) is 60.5 Å². The molecular weight excluding hydrogens is 286 g/mol. The molecule has 0 aliphatic heterocycles. The van der Waals surface area contributed by atoms with E-state index < -0.39 is 0 Å². The predicted molar refractivity (Wildman–Crippen MR) is 92.8 cm³/mol. The van der Waals surface area contributed by atoms with Crippen molar-refractivity contribution in [1.29, 1.82) is 0 Å². The number of carbonyl (C=O) groups is 1. The van der Waals surface area contributed by atoms with E-state index >= 15 is 0 Å². The molecule has 0 unspecified atom stereocenters. The Balaban J connectivity index is 1.84.